The molecule has 0 bridgehead atoms. The number of benzene rings is 2. The van der Waals surface area contributed by atoms with Gasteiger partial charge >= 0.3 is 0 Å². The van der Waals surface area contributed by atoms with E-state index in [4.69, 9.17) is 23.2 Å². The molecule has 0 atom stereocenters. The Morgan fingerprint density at radius 2 is 1.88 bits per heavy atom. The number of amides is 2. The summed E-state index contributed by atoms with van der Waals surface area (Å²) in [6.45, 7) is 0.338. The molecule has 24 heavy (non-hydrogen) atoms. The van der Waals surface area contributed by atoms with Crippen LogP contribution in [0.5, 0.6) is 0 Å². The first kappa shape index (κ1) is 16.8. The van der Waals surface area contributed by atoms with E-state index in [9.17, 15) is 9.59 Å². The van der Waals surface area contributed by atoms with E-state index < -0.39 is 0 Å². The molecule has 0 heterocycles. The number of hydrogen-bond acceptors (Lipinski definition) is 2. The van der Waals surface area contributed by atoms with E-state index in [1.54, 1.807) is 12.1 Å². The van der Waals surface area contributed by atoms with E-state index in [2.05, 4.69) is 10.6 Å². The predicted molar refractivity (Wildman–Crippen MR) is 95.4 cm³/mol. The van der Waals surface area contributed by atoms with Crippen molar-refractivity contribution < 1.29 is 9.59 Å². The van der Waals surface area contributed by atoms with Crippen LogP contribution in [-0.2, 0) is 11.3 Å². The Morgan fingerprint density at radius 3 is 2.58 bits per heavy atom. The molecule has 1 aliphatic rings. The number of carbonyl (C=O) groups excluding carboxylic acids is 2. The molecule has 2 aromatic rings. The summed E-state index contributed by atoms with van der Waals surface area (Å²) in [5, 5.41) is 6.50. The Kier molecular flexibility index (Phi) is 5.07. The van der Waals surface area contributed by atoms with Crippen LogP contribution in [0.25, 0.3) is 0 Å². The van der Waals surface area contributed by atoms with Gasteiger partial charge in [-0.25, -0.2) is 0 Å². The fourth-order valence-electron chi connectivity index (χ4n) is 2.30. The molecule has 0 aliphatic heterocycles. The monoisotopic (exact) mass is 362 g/mol. The number of halogens is 2. The number of rotatable bonds is 5. The molecule has 2 amide bonds. The second-order valence-corrected chi connectivity index (χ2v) is 6.61. The molecule has 3 rings (SSSR count). The Labute approximate surface area is 150 Å². The fraction of sp³-hybridized carbons (Fsp3) is 0.222. The summed E-state index contributed by atoms with van der Waals surface area (Å²) in [5.74, 6) is -0.0615. The maximum absolute atomic E-state index is 12.2. The largest absolute Gasteiger partial charge is 0.348 e. The van der Waals surface area contributed by atoms with Crippen LogP contribution >= 0.6 is 23.2 Å². The van der Waals surface area contributed by atoms with Crippen molar-refractivity contribution in [3.8, 4) is 0 Å². The molecule has 1 aliphatic carbocycles. The van der Waals surface area contributed by atoms with Gasteiger partial charge in [0.15, 0.2) is 0 Å². The van der Waals surface area contributed by atoms with Crippen LogP contribution in [0, 0.1) is 5.92 Å². The molecule has 0 spiro atoms. The van der Waals surface area contributed by atoms with Crippen LogP contribution < -0.4 is 10.6 Å². The fourth-order valence-corrected chi connectivity index (χ4v) is 2.79. The highest BCUT2D eigenvalue weighted by molar-refractivity contribution is 6.36. The maximum atomic E-state index is 12.2. The number of nitrogens with one attached hydrogen (secondary N) is 2. The van der Waals surface area contributed by atoms with E-state index in [1.165, 1.54) is 6.07 Å². The summed E-state index contributed by atoms with van der Waals surface area (Å²) >= 11 is 11.9. The molecule has 0 unspecified atom stereocenters. The lowest BCUT2D eigenvalue weighted by atomic mass is 10.1. The van der Waals surface area contributed by atoms with Gasteiger partial charge < -0.3 is 10.6 Å². The second-order valence-electron chi connectivity index (χ2n) is 5.77. The van der Waals surface area contributed by atoms with Crippen LogP contribution in [0.3, 0.4) is 0 Å². The van der Waals surface area contributed by atoms with E-state index in [1.807, 2.05) is 24.3 Å². The summed E-state index contributed by atoms with van der Waals surface area (Å²) < 4.78 is 0. The molecule has 6 heteroatoms. The van der Waals surface area contributed by atoms with Crippen molar-refractivity contribution in [3.05, 3.63) is 63.6 Å². The van der Waals surface area contributed by atoms with Gasteiger partial charge in [0.25, 0.3) is 5.91 Å². The molecule has 4 nitrogen and oxygen atoms in total. The molecule has 2 aromatic carbocycles. The van der Waals surface area contributed by atoms with Crippen molar-refractivity contribution in [1.29, 1.82) is 0 Å². The molecule has 1 saturated carbocycles. The summed E-state index contributed by atoms with van der Waals surface area (Å²) in [6.07, 6.45) is 1.92. The van der Waals surface area contributed by atoms with Crippen molar-refractivity contribution in [3.63, 3.8) is 0 Å². The minimum absolute atomic E-state index is 0.0594. The summed E-state index contributed by atoms with van der Waals surface area (Å²) in [6, 6.07) is 12.2. The van der Waals surface area contributed by atoms with Crippen LogP contribution in [0.1, 0.15) is 28.8 Å². The van der Waals surface area contributed by atoms with Gasteiger partial charge in [0.1, 0.15) is 0 Å². The molecule has 0 saturated heterocycles. The average Bonchev–Trinajstić information content (AvgIpc) is 3.38. The normalized spacial score (nSPS) is 13.4. The number of carbonyl (C=O) groups is 2. The Bertz CT molecular complexity index is 788. The van der Waals surface area contributed by atoms with E-state index in [0.717, 1.165) is 24.1 Å². The zero-order chi connectivity index (χ0) is 17.1. The quantitative estimate of drug-likeness (QED) is 0.834. The van der Waals surface area contributed by atoms with Gasteiger partial charge in [-0.1, -0.05) is 35.3 Å². The van der Waals surface area contributed by atoms with Crippen LogP contribution in [-0.4, -0.2) is 11.8 Å². The maximum Gasteiger partial charge on any atom is 0.253 e. The van der Waals surface area contributed by atoms with Gasteiger partial charge in [0, 0.05) is 23.2 Å². The highest BCUT2D eigenvalue weighted by Gasteiger charge is 2.29. The van der Waals surface area contributed by atoms with Crippen LogP contribution in [0.4, 0.5) is 5.69 Å². The Morgan fingerprint density at radius 1 is 1.08 bits per heavy atom. The summed E-state index contributed by atoms with van der Waals surface area (Å²) in [4.78, 5) is 24.0. The van der Waals surface area contributed by atoms with Crippen molar-refractivity contribution in [2.75, 3.05) is 5.32 Å². The molecular formula is C18H16Cl2N2O2. The Hall–Kier alpha value is -2.04. The SMILES string of the molecule is O=C(NCc1cccc(NC(=O)C2CC2)c1)c1ccc(Cl)cc1Cl. The summed E-state index contributed by atoms with van der Waals surface area (Å²) in [5.41, 5.74) is 2.00. The molecular weight excluding hydrogens is 347 g/mol. The Balaban J connectivity index is 1.61. The highest BCUT2D eigenvalue weighted by atomic mass is 35.5. The lowest BCUT2D eigenvalue weighted by Crippen LogP contribution is -2.23. The predicted octanol–water partition coefficient (Wildman–Crippen LogP) is 4.27. The summed E-state index contributed by atoms with van der Waals surface area (Å²) in [7, 11) is 0. The zero-order valence-electron chi connectivity index (χ0n) is 12.8. The van der Waals surface area contributed by atoms with E-state index in [-0.39, 0.29) is 17.7 Å². The third-order valence-electron chi connectivity index (χ3n) is 3.77. The average molecular weight is 363 g/mol. The van der Waals surface area contributed by atoms with Crippen molar-refractivity contribution in [1.82, 2.24) is 5.32 Å². The zero-order valence-corrected chi connectivity index (χ0v) is 14.3. The topological polar surface area (TPSA) is 58.2 Å². The first-order valence-corrected chi connectivity index (χ1v) is 8.41. The van der Waals surface area contributed by atoms with E-state index in [0.29, 0.717) is 22.2 Å². The molecule has 0 aromatic heterocycles. The lowest BCUT2D eigenvalue weighted by molar-refractivity contribution is -0.117. The third-order valence-corrected chi connectivity index (χ3v) is 4.32. The second kappa shape index (κ2) is 7.24. The number of anilines is 1. The molecule has 124 valence electrons. The van der Waals surface area contributed by atoms with Gasteiger partial charge in [-0.2, -0.15) is 0 Å². The lowest BCUT2D eigenvalue weighted by Gasteiger charge is -2.09. The standard InChI is InChI=1S/C18H16Cl2N2O2/c19-13-6-7-15(16(20)9-13)18(24)21-10-11-2-1-3-14(8-11)22-17(23)12-4-5-12/h1-3,6-9,12H,4-5,10H2,(H,21,24)(H,22,23). The minimum Gasteiger partial charge on any atom is -0.348 e. The van der Waals surface area contributed by atoms with Crippen molar-refractivity contribution in [2.24, 2.45) is 5.92 Å². The van der Waals surface area contributed by atoms with Crippen molar-refractivity contribution >= 4 is 40.7 Å². The highest BCUT2D eigenvalue weighted by Crippen LogP contribution is 2.30. The minimum atomic E-state index is -0.274. The van der Waals surface area contributed by atoms with Gasteiger partial charge in [0.2, 0.25) is 5.91 Å². The molecule has 0 radical (unpaired) electrons. The van der Waals surface area contributed by atoms with Crippen LogP contribution in [0.15, 0.2) is 42.5 Å². The number of hydrogen-bond donors (Lipinski definition) is 2. The molecule has 2 N–H and O–H groups in total. The van der Waals surface area contributed by atoms with Crippen LogP contribution in [0.2, 0.25) is 10.0 Å². The third kappa shape index (κ3) is 4.28. The van der Waals surface area contributed by atoms with Gasteiger partial charge in [-0.3, -0.25) is 9.59 Å². The first-order valence-electron chi connectivity index (χ1n) is 7.66. The van der Waals surface area contributed by atoms with Gasteiger partial charge in [-0.05, 0) is 48.7 Å². The van der Waals surface area contributed by atoms with Gasteiger partial charge in [0.05, 0.1) is 10.6 Å². The van der Waals surface area contributed by atoms with Gasteiger partial charge in [-0.15, -0.1) is 0 Å². The molecule has 1 fully saturated rings. The van der Waals surface area contributed by atoms with E-state index >= 15 is 0 Å². The first-order chi connectivity index (χ1) is 11.5. The smallest absolute Gasteiger partial charge is 0.253 e. The van der Waals surface area contributed by atoms with Crippen molar-refractivity contribution in [2.45, 2.75) is 19.4 Å².